The Kier molecular flexibility index (Phi) is 4.73. The summed E-state index contributed by atoms with van der Waals surface area (Å²) in [5.74, 6) is 7.01. The van der Waals surface area contributed by atoms with Crippen molar-refractivity contribution in [3.05, 3.63) is 29.8 Å². The van der Waals surface area contributed by atoms with Gasteiger partial charge in [-0.15, -0.1) is 11.6 Å². The van der Waals surface area contributed by atoms with Crippen molar-refractivity contribution in [1.29, 1.82) is 0 Å². The number of alkyl halides is 1. The van der Waals surface area contributed by atoms with Crippen molar-refractivity contribution in [3.8, 4) is 17.6 Å². The molecule has 0 aliphatic carbocycles. The SMILES string of the molecule is ClCC#Cc1ccccc1OC1CCCOC1. The summed E-state index contributed by atoms with van der Waals surface area (Å²) in [7, 11) is 0. The monoisotopic (exact) mass is 250 g/mol. The van der Waals surface area contributed by atoms with E-state index in [1.807, 2.05) is 24.3 Å². The number of rotatable bonds is 2. The highest BCUT2D eigenvalue weighted by Crippen LogP contribution is 2.21. The third-order valence-corrected chi connectivity index (χ3v) is 2.72. The first-order chi connectivity index (χ1) is 8.40. The molecule has 1 aliphatic rings. The minimum Gasteiger partial charge on any atom is -0.487 e. The van der Waals surface area contributed by atoms with Crippen molar-refractivity contribution < 1.29 is 9.47 Å². The number of ether oxygens (including phenoxy) is 2. The molecule has 3 heteroatoms. The fourth-order valence-electron chi connectivity index (χ4n) is 1.78. The summed E-state index contributed by atoms with van der Waals surface area (Å²) in [6.45, 7) is 1.50. The van der Waals surface area contributed by atoms with Crippen molar-refractivity contribution in [2.75, 3.05) is 19.1 Å². The highest BCUT2D eigenvalue weighted by molar-refractivity contribution is 6.19. The van der Waals surface area contributed by atoms with Gasteiger partial charge in [0.05, 0.1) is 18.1 Å². The summed E-state index contributed by atoms with van der Waals surface area (Å²) in [6.07, 6.45) is 2.24. The molecule has 1 aromatic rings. The van der Waals surface area contributed by atoms with Gasteiger partial charge in [-0.3, -0.25) is 0 Å². The predicted molar refractivity (Wildman–Crippen MR) is 68.5 cm³/mol. The molecule has 0 radical (unpaired) electrons. The first-order valence-electron chi connectivity index (χ1n) is 5.78. The van der Waals surface area contributed by atoms with Crippen LogP contribution in [0.2, 0.25) is 0 Å². The molecule has 90 valence electrons. The average molecular weight is 251 g/mol. The van der Waals surface area contributed by atoms with Crippen LogP contribution in [0.25, 0.3) is 0 Å². The summed E-state index contributed by atoms with van der Waals surface area (Å²) >= 11 is 5.56. The van der Waals surface area contributed by atoms with Gasteiger partial charge in [-0.25, -0.2) is 0 Å². The Morgan fingerprint density at radius 3 is 3.06 bits per heavy atom. The van der Waals surface area contributed by atoms with Gasteiger partial charge in [0.2, 0.25) is 0 Å². The molecule has 0 N–H and O–H groups in total. The molecule has 2 nitrogen and oxygen atoms in total. The Labute approximate surface area is 107 Å². The molecular weight excluding hydrogens is 236 g/mol. The van der Waals surface area contributed by atoms with E-state index >= 15 is 0 Å². The number of hydrogen-bond donors (Lipinski definition) is 0. The lowest BCUT2D eigenvalue weighted by Gasteiger charge is -2.23. The molecule has 1 fully saturated rings. The molecule has 1 atom stereocenters. The van der Waals surface area contributed by atoms with Gasteiger partial charge in [-0.2, -0.15) is 0 Å². The van der Waals surface area contributed by atoms with Crippen LogP contribution < -0.4 is 4.74 Å². The summed E-state index contributed by atoms with van der Waals surface area (Å²) < 4.78 is 11.3. The van der Waals surface area contributed by atoms with E-state index in [0.717, 1.165) is 30.8 Å². The molecule has 1 aliphatic heterocycles. The highest BCUT2D eigenvalue weighted by Gasteiger charge is 2.16. The van der Waals surface area contributed by atoms with Crippen molar-refractivity contribution in [1.82, 2.24) is 0 Å². The minimum absolute atomic E-state index is 0.141. The first kappa shape index (κ1) is 12.3. The Hall–Kier alpha value is -1.17. The van der Waals surface area contributed by atoms with Crippen LogP contribution >= 0.6 is 11.6 Å². The third kappa shape index (κ3) is 3.66. The van der Waals surface area contributed by atoms with Crippen LogP contribution in [0.4, 0.5) is 0 Å². The summed E-state index contributed by atoms with van der Waals surface area (Å²) in [5.41, 5.74) is 0.888. The van der Waals surface area contributed by atoms with Crippen LogP contribution in [0.1, 0.15) is 18.4 Å². The fraction of sp³-hybridized carbons (Fsp3) is 0.429. The Morgan fingerprint density at radius 2 is 2.29 bits per heavy atom. The maximum Gasteiger partial charge on any atom is 0.135 e. The van der Waals surface area contributed by atoms with Crippen molar-refractivity contribution in [3.63, 3.8) is 0 Å². The topological polar surface area (TPSA) is 18.5 Å². The molecule has 1 aromatic carbocycles. The summed E-state index contributed by atoms with van der Waals surface area (Å²) in [4.78, 5) is 0. The third-order valence-electron chi connectivity index (χ3n) is 2.59. The van der Waals surface area contributed by atoms with E-state index in [1.54, 1.807) is 0 Å². The van der Waals surface area contributed by atoms with Crippen LogP contribution in [0.15, 0.2) is 24.3 Å². The van der Waals surface area contributed by atoms with Gasteiger partial charge >= 0.3 is 0 Å². The lowest BCUT2D eigenvalue weighted by Crippen LogP contribution is -2.28. The first-order valence-corrected chi connectivity index (χ1v) is 6.32. The largest absolute Gasteiger partial charge is 0.487 e. The molecule has 1 heterocycles. The van der Waals surface area contributed by atoms with Crippen LogP contribution in [0, 0.1) is 11.8 Å². The molecule has 0 saturated carbocycles. The van der Waals surface area contributed by atoms with Crippen LogP contribution in [-0.2, 0) is 4.74 Å². The van der Waals surface area contributed by atoms with E-state index in [4.69, 9.17) is 21.1 Å². The van der Waals surface area contributed by atoms with Gasteiger partial charge in [0, 0.05) is 6.61 Å². The quantitative estimate of drug-likeness (QED) is 0.594. The molecule has 1 unspecified atom stereocenters. The van der Waals surface area contributed by atoms with Gasteiger partial charge in [-0.05, 0) is 25.0 Å². The highest BCUT2D eigenvalue weighted by atomic mass is 35.5. The molecular formula is C14H15ClO2. The second-order valence-corrected chi connectivity index (χ2v) is 4.16. The predicted octanol–water partition coefficient (Wildman–Crippen LogP) is 2.83. The molecule has 0 bridgehead atoms. The molecule has 1 saturated heterocycles. The zero-order valence-electron chi connectivity index (χ0n) is 9.62. The number of benzene rings is 1. The fourth-order valence-corrected chi connectivity index (χ4v) is 1.85. The number of para-hydroxylation sites is 1. The summed E-state index contributed by atoms with van der Waals surface area (Å²) in [6, 6.07) is 7.78. The maximum absolute atomic E-state index is 5.91. The van der Waals surface area contributed by atoms with Gasteiger partial charge < -0.3 is 9.47 Å². The Morgan fingerprint density at radius 1 is 1.41 bits per heavy atom. The summed E-state index contributed by atoms with van der Waals surface area (Å²) in [5, 5.41) is 0. The molecule has 0 aromatic heterocycles. The van der Waals surface area contributed by atoms with E-state index in [0.29, 0.717) is 12.5 Å². The van der Waals surface area contributed by atoms with Crippen LogP contribution in [0.3, 0.4) is 0 Å². The zero-order chi connectivity index (χ0) is 11.9. The maximum atomic E-state index is 5.91. The lowest BCUT2D eigenvalue weighted by molar-refractivity contribution is 0.00732. The molecule has 2 rings (SSSR count). The Balaban J connectivity index is 2.08. The van der Waals surface area contributed by atoms with Gasteiger partial charge in [-0.1, -0.05) is 24.0 Å². The van der Waals surface area contributed by atoms with Crippen LogP contribution in [0.5, 0.6) is 5.75 Å². The van der Waals surface area contributed by atoms with Gasteiger partial charge in [0.25, 0.3) is 0 Å². The van der Waals surface area contributed by atoms with E-state index in [1.165, 1.54) is 0 Å². The van der Waals surface area contributed by atoms with Crippen LogP contribution in [-0.4, -0.2) is 25.2 Å². The lowest BCUT2D eigenvalue weighted by atomic mass is 10.1. The average Bonchev–Trinajstić information content (AvgIpc) is 2.39. The van der Waals surface area contributed by atoms with Crippen molar-refractivity contribution in [2.24, 2.45) is 0 Å². The van der Waals surface area contributed by atoms with E-state index in [9.17, 15) is 0 Å². The molecule has 17 heavy (non-hydrogen) atoms. The molecule has 0 amide bonds. The molecule has 0 spiro atoms. The number of halogens is 1. The van der Waals surface area contributed by atoms with Crippen molar-refractivity contribution in [2.45, 2.75) is 18.9 Å². The second-order valence-electron chi connectivity index (χ2n) is 3.89. The normalized spacial score (nSPS) is 19.2. The van der Waals surface area contributed by atoms with E-state index in [2.05, 4.69) is 11.8 Å². The standard InChI is InChI=1S/C14H15ClO2/c15-9-3-6-12-5-1-2-8-14(12)17-13-7-4-10-16-11-13/h1-2,5,8,13H,4,7,9-11H2. The Bertz CT molecular complexity index is 414. The van der Waals surface area contributed by atoms with E-state index < -0.39 is 0 Å². The van der Waals surface area contributed by atoms with Crippen molar-refractivity contribution >= 4 is 11.6 Å². The zero-order valence-corrected chi connectivity index (χ0v) is 10.4. The van der Waals surface area contributed by atoms with E-state index in [-0.39, 0.29) is 6.10 Å². The minimum atomic E-state index is 0.141. The van der Waals surface area contributed by atoms with Gasteiger partial charge in [0.15, 0.2) is 0 Å². The number of hydrogen-bond acceptors (Lipinski definition) is 2. The van der Waals surface area contributed by atoms with Gasteiger partial charge in [0.1, 0.15) is 11.9 Å². The second kappa shape index (κ2) is 6.54. The smallest absolute Gasteiger partial charge is 0.135 e.